The van der Waals surface area contributed by atoms with Crippen LogP contribution in [0.3, 0.4) is 0 Å². The lowest BCUT2D eigenvalue weighted by atomic mass is 10.1. The first-order chi connectivity index (χ1) is 11.3. The molecule has 23 heavy (non-hydrogen) atoms. The van der Waals surface area contributed by atoms with Crippen molar-refractivity contribution in [1.29, 1.82) is 0 Å². The van der Waals surface area contributed by atoms with Gasteiger partial charge in [-0.3, -0.25) is 0 Å². The Balaban J connectivity index is 1.49. The van der Waals surface area contributed by atoms with E-state index < -0.39 is 0 Å². The van der Waals surface area contributed by atoms with Gasteiger partial charge in [0.2, 0.25) is 5.95 Å². The van der Waals surface area contributed by atoms with Crippen LogP contribution >= 0.6 is 0 Å². The van der Waals surface area contributed by atoms with E-state index in [-0.39, 0.29) is 0 Å². The van der Waals surface area contributed by atoms with Gasteiger partial charge in [-0.15, -0.1) is 0 Å². The van der Waals surface area contributed by atoms with E-state index in [0.29, 0.717) is 11.8 Å². The number of aromatic nitrogens is 3. The van der Waals surface area contributed by atoms with Crippen LogP contribution in [0.4, 0.5) is 17.6 Å². The van der Waals surface area contributed by atoms with Gasteiger partial charge in [-0.1, -0.05) is 35.5 Å². The number of nitrogens with one attached hydrogen (secondary N) is 2. The molecule has 0 aliphatic carbocycles. The summed E-state index contributed by atoms with van der Waals surface area (Å²) in [6.07, 6.45) is 3.79. The molecule has 0 aliphatic heterocycles. The zero-order valence-electron chi connectivity index (χ0n) is 13.0. The lowest BCUT2D eigenvalue weighted by molar-refractivity contribution is 0.400. The molecule has 6 nitrogen and oxygen atoms in total. The maximum Gasteiger partial charge on any atom is 0.230 e. The third kappa shape index (κ3) is 4.54. The van der Waals surface area contributed by atoms with Crippen LogP contribution in [0.15, 0.2) is 53.2 Å². The normalized spacial score (nSPS) is 10.5. The van der Waals surface area contributed by atoms with Crippen molar-refractivity contribution in [3.05, 3.63) is 60.0 Å². The molecule has 0 atom stereocenters. The van der Waals surface area contributed by atoms with Gasteiger partial charge in [-0.25, -0.2) is 4.98 Å². The molecular weight excluding hydrogens is 290 g/mol. The average Bonchev–Trinajstić information content (AvgIpc) is 2.98. The van der Waals surface area contributed by atoms with Gasteiger partial charge in [0.1, 0.15) is 11.6 Å². The fraction of sp³-hybridized carbons (Fsp3) is 0.235. The van der Waals surface area contributed by atoms with Crippen molar-refractivity contribution < 1.29 is 4.52 Å². The number of hydrogen-bond donors (Lipinski definition) is 2. The molecular formula is C17H19N5O. The molecule has 0 spiro atoms. The number of anilines is 3. The van der Waals surface area contributed by atoms with Crippen LogP contribution < -0.4 is 10.6 Å². The fourth-order valence-electron chi connectivity index (χ4n) is 2.21. The molecule has 2 N–H and O–H groups in total. The molecule has 6 heteroatoms. The molecule has 0 saturated carbocycles. The summed E-state index contributed by atoms with van der Waals surface area (Å²) in [4.78, 5) is 8.58. The largest absolute Gasteiger partial charge is 0.370 e. The topological polar surface area (TPSA) is 75.9 Å². The second-order valence-corrected chi connectivity index (χ2v) is 5.23. The molecule has 118 valence electrons. The van der Waals surface area contributed by atoms with Crippen molar-refractivity contribution >= 4 is 17.6 Å². The van der Waals surface area contributed by atoms with E-state index in [1.807, 2.05) is 19.1 Å². The van der Waals surface area contributed by atoms with Gasteiger partial charge in [-0.05, 0) is 31.4 Å². The molecule has 0 saturated heterocycles. The standard InChI is InChI=1S/C17H19N5O/c1-13-12-16(22-23-13)21-17-19-11-9-15(20-17)18-10-5-8-14-6-3-2-4-7-14/h2-4,6-7,9,11-12H,5,8,10H2,1H3,(H2,18,19,20,21,22). The maximum absolute atomic E-state index is 5.00. The molecule has 0 radical (unpaired) electrons. The van der Waals surface area contributed by atoms with Crippen LogP contribution in [0.2, 0.25) is 0 Å². The van der Waals surface area contributed by atoms with Crippen molar-refractivity contribution in [2.75, 3.05) is 17.2 Å². The quantitative estimate of drug-likeness (QED) is 0.650. The van der Waals surface area contributed by atoms with Gasteiger partial charge in [0, 0.05) is 18.8 Å². The average molecular weight is 309 g/mol. The smallest absolute Gasteiger partial charge is 0.230 e. The summed E-state index contributed by atoms with van der Waals surface area (Å²) in [6.45, 7) is 2.69. The number of rotatable bonds is 7. The molecule has 0 aliphatic rings. The first-order valence-electron chi connectivity index (χ1n) is 7.61. The Hall–Kier alpha value is -2.89. The fourth-order valence-corrected chi connectivity index (χ4v) is 2.21. The first-order valence-corrected chi connectivity index (χ1v) is 7.61. The summed E-state index contributed by atoms with van der Waals surface area (Å²) in [7, 11) is 0. The zero-order valence-corrected chi connectivity index (χ0v) is 13.0. The second-order valence-electron chi connectivity index (χ2n) is 5.23. The number of aryl methyl sites for hydroxylation is 2. The number of nitrogens with zero attached hydrogens (tertiary/aromatic N) is 3. The SMILES string of the molecule is Cc1cc(Nc2nccc(NCCCc3ccccc3)n2)no1. The Labute approximate surface area is 135 Å². The Morgan fingerprint density at radius 1 is 1.09 bits per heavy atom. The van der Waals surface area contributed by atoms with Crippen molar-refractivity contribution in [3.63, 3.8) is 0 Å². The van der Waals surface area contributed by atoms with E-state index in [1.165, 1.54) is 5.56 Å². The maximum atomic E-state index is 5.00. The minimum atomic E-state index is 0.492. The van der Waals surface area contributed by atoms with E-state index in [0.717, 1.165) is 31.0 Å². The van der Waals surface area contributed by atoms with Crippen LogP contribution in [0.5, 0.6) is 0 Å². The van der Waals surface area contributed by atoms with Crippen LogP contribution in [-0.4, -0.2) is 21.7 Å². The van der Waals surface area contributed by atoms with Gasteiger partial charge in [0.05, 0.1) is 0 Å². The van der Waals surface area contributed by atoms with E-state index in [9.17, 15) is 0 Å². The zero-order chi connectivity index (χ0) is 15.9. The molecule has 0 amide bonds. The van der Waals surface area contributed by atoms with Crippen LogP contribution in [-0.2, 0) is 6.42 Å². The molecule has 2 heterocycles. The van der Waals surface area contributed by atoms with Crippen LogP contribution in [0.25, 0.3) is 0 Å². The third-order valence-corrected chi connectivity index (χ3v) is 3.31. The van der Waals surface area contributed by atoms with E-state index in [4.69, 9.17) is 4.52 Å². The first kappa shape index (κ1) is 15.0. The highest BCUT2D eigenvalue weighted by molar-refractivity contribution is 5.49. The lowest BCUT2D eigenvalue weighted by Gasteiger charge is -2.07. The summed E-state index contributed by atoms with van der Waals surface area (Å²) in [6, 6.07) is 14.1. The minimum Gasteiger partial charge on any atom is -0.370 e. The third-order valence-electron chi connectivity index (χ3n) is 3.31. The van der Waals surface area contributed by atoms with Crippen molar-refractivity contribution in [3.8, 4) is 0 Å². The highest BCUT2D eigenvalue weighted by Crippen LogP contribution is 2.14. The molecule has 3 aromatic rings. The molecule has 0 fully saturated rings. The molecule has 1 aromatic carbocycles. The predicted molar refractivity (Wildman–Crippen MR) is 89.8 cm³/mol. The Morgan fingerprint density at radius 2 is 1.96 bits per heavy atom. The summed E-state index contributed by atoms with van der Waals surface area (Å²) in [5, 5.41) is 10.2. The Morgan fingerprint density at radius 3 is 2.74 bits per heavy atom. The molecule has 0 unspecified atom stereocenters. The minimum absolute atomic E-state index is 0.492. The van der Waals surface area contributed by atoms with Gasteiger partial charge in [-0.2, -0.15) is 4.98 Å². The van der Waals surface area contributed by atoms with Gasteiger partial charge in [0.25, 0.3) is 0 Å². The van der Waals surface area contributed by atoms with E-state index >= 15 is 0 Å². The Kier molecular flexibility index (Phi) is 4.83. The van der Waals surface area contributed by atoms with Crippen molar-refractivity contribution in [1.82, 2.24) is 15.1 Å². The highest BCUT2D eigenvalue weighted by atomic mass is 16.5. The molecule has 3 rings (SSSR count). The Bertz CT molecular complexity index is 742. The summed E-state index contributed by atoms with van der Waals surface area (Å²) in [5.41, 5.74) is 1.35. The van der Waals surface area contributed by atoms with E-state index in [1.54, 1.807) is 12.3 Å². The van der Waals surface area contributed by atoms with Gasteiger partial charge in [0.15, 0.2) is 5.82 Å². The van der Waals surface area contributed by atoms with Gasteiger partial charge < -0.3 is 15.2 Å². The second kappa shape index (κ2) is 7.40. The highest BCUT2D eigenvalue weighted by Gasteiger charge is 2.03. The lowest BCUT2D eigenvalue weighted by Crippen LogP contribution is -2.06. The van der Waals surface area contributed by atoms with Crippen LogP contribution in [0, 0.1) is 6.92 Å². The molecule has 2 aromatic heterocycles. The van der Waals surface area contributed by atoms with Crippen LogP contribution in [0.1, 0.15) is 17.7 Å². The van der Waals surface area contributed by atoms with Crippen molar-refractivity contribution in [2.45, 2.75) is 19.8 Å². The number of benzene rings is 1. The van der Waals surface area contributed by atoms with E-state index in [2.05, 4.69) is 50.0 Å². The van der Waals surface area contributed by atoms with Crippen molar-refractivity contribution in [2.24, 2.45) is 0 Å². The monoisotopic (exact) mass is 309 g/mol. The molecule has 0 bridgehead atoms. The summed E-state index contributed by atoms with van der Waals surface area (Å²) in [5.74, 6) is 2.62. The summed E-state index contributed by atoms with van der Waals surface area (Å²) < 4.78 is 5.00. The van der Waals surface area contributed by atoms with Gasteiger partial charge >= 0.3 is 0 Å². The predicted octanol–water partition coefficient (Wildman–Crippen LogP) is 3.56. The summed E-state index contributed by atoms with van der Waals surface area (Å²) >= 11 is 0. The number of hydrogen-bond acceptors (Lipinski definition) is 6.